The minimum atomic E-state index is -0.372. The maximum Gasteiger partial charge on any atom is 0.270 e. The molecule has 0 aliphatic carbocycles. The minimum absolute atomic E-state index is 0.0578. The van der Waals surface area contributed by atoms with Crippen molar-refractivity contribution in [2.75, 3.05) is 18.0 Å². The van der Waals surface area contributed by atoms with E-state index in [9.17, 15) is 10.1 Å². The summed E-state index contributed by atoms with van der Waals surface area (Å²) in [6, 6.07) is 15.1. The van der Waals surface area contributed by atoms with Crippen molar-refractivity contribution in [3.63, 3.8) is 0 Å². The van der Waals surface area contributed by atoms with E-state index in [-0.39, 0.29) is 10.6 Å². The summed E-state index contributed by atoms with van der Waals surface area (Å²) in [6.45, 7) is 1.90. The Morgan fingerprint density at radius 3 is 2.61 bits per heavy atom. The molecular formula is C22H24N6O2S. The fourth-order valence-corrected chi connectivity index (χ4v) is 4.42. The first-order valence-electron chi connectivity index (χ1n) is 10.4. The third-order valence-electron chi connectivity index (χ3n) is 5.20. The molecule has 0 atom stereocenters. The first-order valence-corrected chi connectivity index (χ1v) is 11.3. The molecule has 1 aliphatic rings. The fraction of sp³-hybridized carbons (Fsp3) is 0.318. The lowest BCUT2D eigenvalue weighted by Crippen LogP contribution is -2.25. The SMILES string of the molecule is O=[N+]([O-])c1ccc(N2CCCCCC2)c(/C=N\n2cnnc2SCc2ccccc2)c1. The van der Waals surface area contributed by atoms with Crippen LogP contribution in [0, 0.1) is 10.1 Å². The lowest BCUT2D eigenvalue weighted by molar-refractivity contribution is -0.384. The molecule has 160 valence electrons. The highest BCUT2D eigenvalue weighted by Gasteiger charge is 2.16. The van der Waals surface area contributed by atoms with E-state index in [1.165, 1.54) is 18.4 Å². The van der Waals surface area contributed by atoms with Gasteiger partial charge in [0.1, 0.15) is 6.33 Å². The third-order valence-corrected chi connectivity index (χ3v) is 6.21. The smallest absolute Gasteiger partial charge is 0.270 e. The number of rotatable bonds is 7. The van der Waals surface area contributed by atoms with Crippen molar-refractivity contribution in [1.29, 1.82) is 0 Å². The van der Waals surface area contributed by atoms with Crippen LogP contribution in [0.2, 0.25) is 0 Å². The highest BCUT2D eigenvalue weighted by molar-refractivity contribution is 7.98. The summed E-state index contributed by atoms with van der Waals surface area (Å²) in [6.07, 6.45) is 7.90. The van der Waals surface area contributed by atoms with Gasteiger partial charge in [0, 0.05) is 42.2 Å². The number of nitrogens with zero attached hydrogens (tertiary/aromatic N) is 6. The number of thioether (sulfide) groups is 1. The van der Waals surface area contributed by atoms with Crippen molar-refractivity contribution in [1.82, 2.24) is 14.9 Å². The summed E-state index contributed by atoms with van der Waals surface area (Å²) in [5.41, 5.74) is 2.95. The Morgan fingerprint density at radius 1 is 1.10 bits per heavy atom. The highest BCUT2D eigenvalue weighted by Crippen LogP contribution is 2.27. The first kappa shape index (κ1) is 21.0. The van der Waals surface area contributed by atoms with Crippen LogP contribution in [0.1, 0.15) is 36.8 Å². The number of anilines is 1. The predicted octanol–water partition coefficient (Wildman–Crippen LogP) is 4.74. The molecule has 0 unspecified atom stereocenters. The van der Waals surface area contributed by atoms with Crippen molar-refractivity contribution >= 4 is 29.4 Å². The molecule has 1 aromatic heterocycles. The van der Waals surface area contributed by atoms with Gasteiger partial charge in [0.05, 0.1) is 11.1 Å². The van der Waals surface area contributed by atoms with Gasteiger partial charge in [-0.05, 0) is 24.5 Å². The molecule has 0 bridgehead atoms. The topological polar surface area (TPSA) is 89.5 Å². The van der Waals surface area contributed by atoms with E-state index in [2.05, 4.69) is 32.3 Å². The zero-order valence-corrected chi connectivity index (χ0v) is 17.9. The second kappa shape index (κ2) is 10.2. The molecule has 9 heteroatoms. The monoisotopic (exact) mass is 436 g/mol. The molecule has 1 aliphatic heterocycles. The van der Waals surface area contributed by atoms with Crippen molar-refractivity contribution < 1.29 is 4.92 Å². The van der Waals surface area contributed by atoms with Crippen LogP contribution in [-0.4, -0.2) is 39.1 Å². The van der Waals surface area contributed by atoms with E-state index < -0.39 is 0 Å². The van der Waals surface area contributed by atoms with Crippen LogP contribution in [0.4, 0.5) is 11.4 Å². The van der Waals surface area contributed by atoms with Gasteiger partial charge in [-0.25, -0.2) is 0 Å². The van der Waals surface area contributed by atoms with Gasteiger partial charge < -0.3 is 4.90 Å². The molecule has 8 nitrogen and oxygen atoms in total. The van der Waals surface area contributed by atoms with Crippen LogP contribution in [0.25, 0.3) is 0 Å². The van der Waals surface area contributed by atoms with Gasteiger partial charge in [0.15, 0.2) is 0 Å². The average Bonchev–Trinajstić information content (AvgIpc) is 3.07. The molecule has 2 aromatic carbocycles. The van der Waals surface area contributed by atoms with Crippen molar-refractivity contribution in [2.24, 2.45) is 5.10 Å². The zero-order valence-electron chi connectivity index (χ0n) is 17.1. The first-order chi connectivity index (χ1) is 15.2. The Hall–Kier alpha value is -3.20. The van der Waals surface area contributed by atoms with Gasteiger partial charge in [-0.2, -0.15) is 9.78 Å². The maximum absolute atomic E-state index is 11.3. The lowest BCUT2D eigenvalue weighted by Gasteiger charge is -2.24. The molecule has 2 heterocycles. The molecule has 0 radical (unpaired) electrons. The number of aromatic nitrogens is 3. The molecular weight excluding hydrogens is 412 g/mol. The second-order valence-corrected chi connectivity index (χ2v) is 8.32. The van der Waals surface area contributed by atoms with Gasteiger partial charge in [0.25, 0.3) is 5.69 Å². The second-order valence-electron chi connectivity index (χ2n) is 7.38. The van der Waals surface area contributed by atoms with Crippen molar-refractivity contribution in [3.8, 4) is 0 Å². The van der Waals surface area contributed by atoms with Gasteiger partial charge in [-0.15, -0.1) is 10.2 Å². The zero-order chi connectivity index (χ0) is 21.5. The number of nitro groups is 1. The number of hydrogen-bond acceptors (Lipinski definition) is 7. The summed E-state index contributed by atoms with van der Waals surface area (Å²) < 4.78 is 1.61. The summed E-state index contributed by atoms with van der Waals surface area (Å²) >= 11 is 1.54. The third kappa shape index (κ3) is 5.49. The molecule has 0 saturated carbocycles. The molecule has 0 N–H and O–H groups in total. The van der Waals surface area contributed by atoms with Crippen LogP contribution in [-0.2, 0) is 5.75 Å². The van der Waals surface area contributed by atoms with Crippen LogP contribution >= 0.6 is 11.8 Å². The van der Waals surface area contributed by atoms with E-state index >= 15 is 0 Å². The van der Waals surface area contributed by atoms with Gasteiger partial charge in [-0.3, -0.25) is 10.1 Å². The molecule has 0 amide bonds. The Morgan fingerprint density at radius 2 is 1.87 bits per heavy atom. The number of non-ortho nitro benzene ring substituents is 1. The Bertz CT molecular complexity index is 1050. The van der Waals surface area contributed by atoms with E-state index in [1.807, 2.05) is 24.3 Å². The number of hydrogen-bond donors (Lipinski definition) is 0. The Kier molecular flexibility index (Phi) is 6.93. The van der Waals surface area contributed by atoms with Gasteiger partial charge in [-0.1, -0.05) is 54.9 Å². The van der Waals surface area contributed by atoms with Gasteiger partial charge in [0.2, 0.25) is 5.16 Å². The summed E-state index contributed by atoms with van der Waals surface area (Å²) in [5, 5.41) is 24.6. The average molecular weight is 437 g/mol. The Balaban J connectivity index is 1.57. The van der Waals surface area contributed by atoms with E-state index in [0.717, 1.165) is 42.9 Å². The maximum atomic E-state index is 11.3. The van der Waals surface area contributed by atoms with Gasteiger partial charge >= 0.3 is 0 Å². The molecule has 1 fully saturated rings. The van der Waals surface area contributed by atoms with Crippen LogP contribution in [0.15, 0.2) is 65.1 Å². The predicted molar refractivity (Wildman–Crippen MR) is 123 cm³/mol. The fourth-order valence-electron chi connectivity index (χ4n) is 3.60. The molecule has 0 spiro atoms. The van der Waals surface area contributed by atoms with Crippen molar-refractivity contribution in [2.45, 2.75) is 36.6 Å². The summed E-state index contributed by atoms with van der Waals surface area (Å²) in [5.74, 6) is 0.755. The largest absolute Gasteiger partial charge is 0.371 e. The molecule has 31 heavy (non-hydrogen) atoms. The number of nitro benzene ring substituents is 1. The molecule has 1 saturated heterocycles. The summed E-state index contributed by atoms with van der Waals surface area (Å²) in [4.78, 5) is 13.3. The van der Waals surface area contributed by atoms with Crippen molar-refractivity contribution in [3.05, 3.63) is 76.1 Å². The Labute approximate surface area is 185 Å². The van der Waals surface area contributed by atoms with E-state index in [0.29, 0.717) is 5.16 Å². The highest BCUT2D eigenvalue weighted by atomic mass is 32.2. The van der Waals surface area contributed by atoms with Crippen LogP contribution in [0.3, 0.4) is 0 Å². The quantitative estimate of drug-likeness (QED) is 0.230. The van der Waals surface area contributed by atoms with Crippen LogP contribution < -0.4 is 4.90 Å². The normalized spacial score (nSPS) is 14.6. The lowest BCUT2D eigenvalue weighted by atomic mass is 10.1. The standard InChI is InChI=1S/C22H24N6O2S/c29-28(30)20-10-11-21(26-12-6-1-2-7-13-26)19(14-20)15-24-27-17-23-25-22(27)31-16-18-8-4-3-5-9-18/h3-5,8-11,14-15,17H,1-2,6-7,12-13,16H2/b24-15-. The van der Waals surface area contributed by atoms with E-state index in [4.69, 9.17) is 0 Å². The van der Waals surface area contributed by atoms with E-state index in [1.54, 1.807) is 41.1 Å². The molecule has 3 aromatic rings. The number of benzene rings is 2. The molecule has 4 rings (SSSR count). The minimum Gasteiger partial charge on any atom is -0.371 e. The summed E-state index contributed by atoms with van der Waals surface area (Å²) in [7, 11) is 0. The van der Waals surface area contributed by atoms with Crippen LogP contribution in [0.5, 0.6) is 0 Å².